The molecular formula is C16H22N3O2. The standard InChI is InChI=1S/C16H22N3O2/c20-15(10-18-16(21)12-6-8-17-9-7-12)11-19-13-2-1-3-14(19)5-4-13/h1,6-9,13-15,20H,2-5,10-11H2,(H,18,21)/t13-,14+,15?. The molecule has 0 saturated carbocycles. The molecule has 3 heterocycles. The number of carbonyl (C=O) groups is 1. The topological polar surface area (TPSA) is 65.5 Å². The van der Waals surface area contributed by atoms with Gasteiger partial charge in [0.25, 0.3) is 5.91 Å². The highest BCUT2D eigenvalue weighted by atomic mass is 16.3. The lowest BCUT2D eigenvalue weighted by atomic mass is 10.0. The van der Waals surface area contributed by atoms with Crippen molar-refractivity contribution < 1.29 is 9.90 Å². The highest BCUT2D eigenvalue weighted by Crippen LogP contribution is 2.34. The monoisotopic (exact) mass is 288 g/mol. The number of rotatable bonds is 5. The maximum atomic E-state index is 11.9. The van der Waals surface area contributed by atoms with Gasteiger partial charge in [-0.15, -0.1) is 0 Å². The summed E-state index contributed by atoms with van der Waals surface area (Å²) in [4.78, 5) is 18.2. The van der Waals surface area contributed by atoms with Gasteiger partial charge in [0.05, 0.1) is 6.10 Å². The van der Waals surface area contributed by atoms with Gasteiger partial charge in [0.2, 0.25) is 0 Å². The van der Waals surface area contributed by atoms with Gasteiger partial charge in [-0.2, -0.15) is 0 Å². The average molecular weight is 288 g/mol. The second-order valence-corrected chi connectivity index (χ2v) is 5.94. The molecule has 21 heavy (non-hydrogen) atoms. The molecule has 1 aromatic rings. The molecule has 1 unspecified atom stereocenters. The number of aliphatic hydroxyl groups is 1. The zero-order valence-electron chi connectivity index (χ0n) is 12.1. The van der Waals surface area contributed by atoms with E-state index in [4.69, 9.17) is 0 Å². The lowest BCUT2D eigenvalue weighted by molar-refractivity contribution is 0.0675. The second kappa shape index (κ2) is 6.54. The molecule has 0 aromatic carbocycles. The van der Waals surface area contributed by atoms with Crippen LogP contribution in [-0.4, -0.2) is 52.2 Å². The number of carbonyl (C=O) groups excluding carboxylic acids is 1. The van der Waals surface area contributed by atoms with Crippen molar-refractivity contribution in [2.75, 3.05) is 13.1 Å². The van der Waals surface area contributed by atoms with E-state index < -0.39 is 6.10 Å². The maximum Gasteiger partial charge on any atom is 0.251 e. The zero-order chi connectivity index (χ0) is 14.7. The molecule has 2 N–H and O–H groups in total. The van der Waals surface area contributed by atoms with Gasteiger partial charge in [-0.1, -0.05) is 0 Å². The largest absolute Gasteiger partial charge is 0.390 e. The summed E-state index contributed by atoms with van der Waals surface area (Å²) in [5.41, 5.74) is 0.574. The van der Waals surface area contributed by atoms with Crippen molar-refractivity contribution in [3.63, 3.8) is 0 Å². The molecular weight excluding hydrogens is 266 g/mol. The van der Waals surface area contributed by atoms with Crippen molar-refractivity contribution in [1.82, 2.24) is 15.2 Å². The molecule has 3 rings (SSSR count). The van der Waals surface area contributed by atoms with Gasteiger partial charge in [-0.3, -0.25) is 14.7 Å². The lowest BCUT2D eigenvalue weighted by Crippen LogP contribution is -2.47. The molecule has 0 aliphatic carbocycles. The number of aliphatic hydroxyl groups excluding tert-OH is 1. The van der Waals surface area contributed by atoms with Gasteiger partial charge in [0.15, 0.2) is 0 Å². The van der Waals surface area contributed by atoms with Gasteiger partial charge in [-0.05, 0) is 44.2 Å². The van der Waals surface area contributed by atoms with Gasteiger partial charge < -0.3 is 10.4 Å². The fourth-order valence-corrected chi connectivity index (χ4v) is 3.42. The Balaban J connectivity index is 1.46. The van der Waals surface area contributed by atoms with E-state index in [0.717, 1.165) is 12.8 Å². The summed E-state index contributed by atoms with van der Waals surface area (Å²) in [5, 5.41) is 13.0. The Morgan fingerprint density at radius 2 is 2.00 bits per heavy atom. The van der Waals surface area contributed by atoms with Crippen molar-refractivity contribution in [1.29, 1.82) is 0 Å². The van der Waals surface area contributed by atoms with Crippen LogP contribution in [0.3, 0.4) is 0 Å². The number of nitrogens with one attached hydrogen (secondary N) is 1. The number of aromatic nitrogens is 1. The SMILES string of the molecule is O=C(NCC(O)CN1[C@@H]2C[CH]C[C@H]1CC2)c1ccncc1. The minimum Gasteiger partial charge on any atom is -0.390 e. The van der Waals surface area contributed by atoms with Crippen LogP contribution in [0.2, 0.25) is 0 Å². The summed E-state index contributed by atoms with van der Waals surface area (Å²) < 4.78 is 0. The van der Waals surface area contributed by atoms with E-state index in [9.17, 15) is 9.90 Å². The van der Waals surface area contributed by atoms with E-state index >= 15 is 0 Å². The second-order valence-electron chi connectivity index (χ2n) is 5.94. The summed E-state index contributed by atoms with van der Waals surface area (Å²) in [7, 11) is 0. The van der Waals surface area contributed by atoms with Crippen LogP contribution < -0.4 is 5.32 Å². The molecule has 0 spiro atoms. The first kappa shape index (κ1) is 14.5. The van der Waals surface area contributed by atoms with Gasteiger partial charge in [0, 0.05) is 43.1 Å². The van der Waals surface area contributed by atoms with Gasteiger partial charge in [0.1, 0.15) is 0 Å². The molecule has 5 heteroatoms. The van der Waals surface area contributed by atoms with Crippen molar-refractivity contribution in [3.05, 3.63) is 36.5 Å². The van der Waals surface area contributed by atoms with E-state index in [2.05, 4.69) is 21.6 Å². The Labute approximate surface area is 125 Å². The molecule has 3 atom stereocenters. The third kappa shape index (κ3) is 3.41. The van der Waals surface area contributed by atoms with Crippen molar-refractivity contribution in [3.8, 4) is 0 Å². The van der Waals surface area contributed by atoms with Crippen LogP contribution in [0.4, 0.5) is 0 Å². The van der Waals surface area contributed by atoms with Crippen molar-refractivity contribution in [2.24, 2.45) is 0 Å². The highest BCUT2D eigenvalue weighted by molar-refractivity contribution is 5.93. The maximum absolute atomic E-state index is 11.9. The predicted octanol–water partition coefficient (Wildman–Crippen LogP) is 1.00. The van der Waals surface area contributed by atoms with Crippen LogP contribution >= 0.6 is 0 Å². The normalized spacial score (nSPS) is 26.5. The molecule has 2 aliphatic rings. The zero-order valence-corrected chi connectivity index (χ0v) is 12.1. The number of amides is 1. The molecule has 2 saturated heterocycles. The van der Waals surface area contributed by atoms with Crippen LogP contribution in [0.1, 0.15) is 36.0 Å². The van der Waals surface area contributed by atoms with E-state index in [1.54, 1.807) is 24.5 Å². The molecule has 113 valence electrons. The first-order chi connectivity index (χ1) is 10.2. The lowest BCUT2D eigenvalue weighted by Gasteiger charge is -2.35. The Bertz CT molecular complexity index is 464. The fourth-order valence-electron chi connectivity index (χ4n) is 3.42. The first-order valence-corrected chi connectivity index (χ1v) is 7.67. The summed E-state index contributed by atoms with van der Waals surface area (Å²) in [6.07, 6.45) is 9.77. The number of piperidine rings is 1. The Morgan fingerprint density at radius 1 is 1.33 bits per heavy atom. The highest BCUT2D eigenvalue weighted by Gasteiger charge is 2.37. The number of hydrogen-bond donors (Lipinski definition) is 2. The van der Waals surface area contributed by atoms with E-state index in [1.807, 2.05) is 0 Å². The minimum absolute atomic E-state index is 0.161. The molecule has 2 bridgehead atoms. The van der Waals surface area contributed by atoms with Gasteiger partial charge in [-0.25, -0.2) is 0 Å². The van der Waals surface area contributed by atoms with Crippen molar-refractivity contribution in [2.45, 2.75) is 43.9 Å². The van der Waals surface area contributed by atoms with Crippen molar-refractivity contribution >= 4 is 5.91 Å². The quantitative estimate of drug-likeness (QED) is 0.848. The summed E-state index contributed by atoms with van der Waals surface area (Å²) in [6, 6.07) is 4.52. The third-order valence-corrected chi connectivity index (χ3v) is 4.51. The minimum atomic E-state index is -0.517. The van der Waals surface area contributed by atoms with Crippen LogP contribution in [0.5, 0.6) is 0 Å². The van der Waals surface area contributed by atoms with Crippen LogP contribution in [0.15, 0.2) is 24.5 Å². The van der Waals surface area contributed by atoms with E-state index in [1.165, 1.54) is 12.8 Å². The summed E-state index contributed by atoms with van der Waals surface area (Å²) in [5.74, 6) is -0.161. The van der Waals surface area contributed by atoms with Crippen LogP contribution in [0.25, 0.3) is 0 Å². The Hall–Kier alpha value is -1.46. The summed E-state index contributed by atoms with van der Waals surface area (Å²) >= 11 is 0. The molecule has 1 radical (unpaired) electrons. The smallest absolute Gasteiger partial charge is 0.251 e. The fraction of sp³-hybridized carbons (Fsp3) is 0.562. The predicted molar refractivity (Wildman–Crippen MR) is 79.6 cm³/mol. The molecule has 2 aliphatic heterocycles. The number of nitrogens with zero attached hydrogens (tertiary/aromatic N) is 2. The molecule has 1 aromatic heterocycles. The summed E-state index contributed by atoms with van der Waals surface area (Å²) in [6.45, 7) is 0.945. The Kier molecular flexibility index (Phi) is 4.51. The van der Waals surface area contributed by atoms with Crippen LogP contribution in [-0.2, 0) is 0 Å². The Morgan fingerprint density at radius 3 is 2.67 bits per heavy atom. The van der Waals surface area contributed by atoms with E-state index in [-0.39, 0.29) is 5.91 Å². The number of hydrogen-bond acceptors (Lipinski definition) is 4. The first-order valence-electron chi connectivity index (χ1n) is 7.67. The third-order valence-electron chi connectivity index (χ3n) is 4.51. The number of fused-ring (bicyclic) bond motifs is 2. The van der Waals surface area contributed by atoms with Gasteiger partial charge >= 0.3 is 0 Å². The average Bonchev–Trinajstić information content (AvgIpc) is 2.74. The van der Waals surface area contributed by atoms with E-state index in [0.29, 0.717) is 30.7 Å². The molecule has 2 fully saturated rings. The van der Waals surface area contributed by atoms with Crippen LogP contribution in [0, 0.1) is 6.42 Å². The number of pyridine rings is 1. The molecule has 5 nitrogen and oxygen atoms in total. The molecule has 1 amide bonds.